The van der Waals surface area contributed by atoms with E-state index in [9.17, 15) is 0 Å². The van der Waals surface area contributed by atoms with Crippen molar-refractivity contribution in [2.24, 2.45) is 5.73 Å². The Balaban J connectivity index is 1.67. The maximum Gasteiger partial charge on any atom is 0.120 e. The summed E-state index contributed by atoms with van der Waals surface area (Å²) in [6.45, 7) is 0.805. The van der Waals surface area contributed by atoms with Crippen LogP contribution in [0, 0.1) is 0 Å². The molecule has 102 valence electrons. The number of nitrogens with two attached hydrogens (primary N) is 1. The van der Waals surface area contributed by atoms with Gasteiger partial charge in [-0.2, -0.15) is 0 Å². The normalized spacial score (nSPS) is 24.7. The van der Waals surface area contributed by atoms with Gasteiger partial charge >= 0.3 is 0 Å². The predicted octanol–water partition coefficient (Wildman–Crippen LogP) is 2.80. The lowest BCUT2D eigenvalue weighted by molar-refractivity contribution is -0.153. The third-order valence-electron chi connectivity index (χ3n) is 4.13. The Hall–Kier alpha value is -1.13. The highest BCUT2D eigenvalue weighted by atomic mass is 32.1. The zero-order valence-electron chi connectivity index (χ0n) is 10.9. The summed E-state index contributed by atoms with van der Waals surface area (Å²) in [6.07, 6.45) is 5.85. The molecule has 1 spiro atoms. The first-order valence-corrected chi connectivity index (χ1v) is 7.28. The molecule has 19 heavy (non-hydrogen) atoms. The topological polar surface area (TPSA) is 44.5 Å². The predicted molar refractivity (Wildman–Crippen MR) is 78.5 cm³/mol. The molecule has 0 bridgehead atoms. The van der Waals surface area contributed by atoms with Crippen molar-refractivity contribution in [3.63, 3.8) is 0 Å². The summed E-state index contributed by atoms with van der Waals surface area (Å²) in [4.78, 5) is 0.410. The Labute approximate surface area is 119 Å². The highest BCUT2D eigenvalue weighted by molar-refractivity contribution is 7.80. The van der Waals surface area contributed by atoms with Crippen molar-refractivity contribution in [3.8, 4) is 5.75 Å². The van der Waals surface area contributed by atoms with Crippen LogP contribution in [0.1, 0.15) is 37.7 Å². The average molecular weight is 277 g/mol. The SMILES string of the molecule is NC(=S)c1cccc(OC2CCOC3(CCC3)C2)c1. The Bertz CT molecular complexity index is 485. The molecule has 4 heteroatoms. The van der Waals surface area contributed by atoms with Crippen molar-refractivity contribution in [2.75, 3.05) is 6.61 Å². The van der Waals surface area contributed by atoms with Crippen molar-refractivity contribution in [2.45, 2.75) is 43.8 Å². The average Bonchev–Trinajstić information content (AvgIpc) is 2.37. The Kier molecular flexibility index (Phi) is 3.46. The van der Waals surface area contributed by atoms with Gasteiger partial charge in [0, 0.05) is 18.4 Å². The zero-order valence-corrected chi connectivity index (χ0v) is 11.7. The highest BCUT2D eigenvalue weighted by Gasteiger charge is 2.43. The second-order valence-corrected chi connectivity index (χ2v) is 5.95. The number of hydrogen-bond donors (Lipinski definition) is 1. The van der Waals surface area contributed by atoms with E-state index in [4.69, 9.17) is 27.4 Å². The van der Waals surface area contributed by atoms with E-state index in [1.54, 1.807) is 0 Å². The van der Waals surface area contributed by atoms with Crippen LogP contribution in [0.25, 0.3) is 0 Å². The minimum absolute atomic E-state index is 0.115. The second kappa shape index (κ2) is 5.10. The molecule has 1 aromatic carbocycles. The molecule has 1 heterocycles. The molecule has 2 fully saturated rings. The van der Waals surface area contributed by atoms with Gasteiger partial charge in [0.25, 0.3) is 0 Å². The van der Waals surface area contributed by atoms with Crippen LogP contribution in [0.5, 0.6) is 5.75 Å². The smallest absolute Gasteiger partial charge is 0.120 e. The summed E-state index contributed by atoms with van der Waals surface area (Å²) in [5, 5.41) is 0. The third kappa shape index (κ3) is 2.74. The molecule has 0 aromatic heterocycles. The van der Waals surface area contributed by atoms with Crippen molar-refractivity contribution in [1.82, 2.24) is 0 Å². The number of thiocarbonyl (C=S) groups is 1. The van der Waals surface area contributed by atoms with Crippen LogP contribution in [0.3, 0.4) is 0 Å². The summed E-state index contributed by atoms with van der Waals surface area (Å²) in [7, 11) is 0. The van der Waals surface area contributed by atoms with Gasteiger partial charge in [-0.3, -0.25) is 0 Å². The van der Waals surface area contributed by atoms with Gasteiger partial charge in [-0.05, 0) is 31.4 Å². The molecule has 0 radical (unpaired) electrons. The molecule has 1 saturated carbocycles. The summed E-state index contributed by atoms with van der Waals surface area (Å²) in [5.74, 6) is 0.853. The molecule has 2 N–H and O–H groups in total. The molecule has 0 amide bonds. The number of hydrogen-bond acceptors (Lipinski definition) is 3. The fourth-order valence-corrected chi connectivity index (χ4v) is 3.05. The van der Waals surface area contributed by atoms with Gasteiger partial charge in [0.1, 0.15) is 16.8 Å². The van der Waals surface area contributed by atoms with E-state index in [2.05, 4.69) is 0 Å². The Morgan fingerprint density at radius 3 is 2.95 bits per heavy atom. The highest BCUT2D eigenvalue weighted by Crippen LogP contribution is 2.43. The molecular formula is C15H19NO2S. The monoisotopic (exact) mass is 277 g/mol. The van der Waals surface area contributed by atoms with Crippen molar-refractivity contribution >= 4 is 17.2 Å². The first-order chi connectivity index (χ1) is 9.17. The van der Waals surface area contributed by atoms with Gasteiger partial charge in [-0.25, -0.2) is 0 Å². The van der Waals surface area contributed by atoms with Gasteiger partial charge < -0.3 is 15.2 Å². The Morgan fingerprint density at radius 2 is 2.26 bits per heavy atom. The van der Waals surface area contributed by atoms with Gasteiger partial charge in [0.05, 0.1) is 12.2 Å². The minimum Gasteiger partial charge on any atom is -0.490 e. The summed E-state index contributed by atoms with van der Waals surface area (Å²) < 4.78 is 12.0. The van der Waals surface area contributed by atoms with E-state index < -0.39 is 0 Å². The lowest BCUT2D eigenvalue weighted by Crippen LogP contribution is -2.48. The summed E-state index contributed by atoms with van der Waals surface area (Å²) in [5.41, 5.74) is 6.62. The molecule has 1 aliphatic heterocycles. The molecule has 1 unspecified atom stereocenters. The van der Waals surface area contributed by atoms with Gasteiger partial charge in [0.2, 0.25) is 0 Å². The van der Waals surface area contributed by atoms with Crippen LogP contribution in [0.4, 0.5) is 0 Å². The molecular weight excluding hydrogens is 258 g/mol. The van der Waals surface area contributed by atoms with Crippen LogP contribution in [-0.4, -0.2) is 23.3 Å². The van der Waals surface area contributed by atoms with Gasteiger partial charge in [-0.15, -0.1) is 0 Å². The quantitative estimate of drug-likeness (QED) is 0.863. The van der Waals surface area contributed by atoms with Crippen LogP contribution in [0.2, 0.25) is 0 Å². The maximum atomic E-state index is 6.08. The van der Waals surface area contributed by atoms with E-state index in [1.807, 2.05) is 24.3 Å². The number of rotatable bonds is 3. The van der Waals surface area contributed by atoms with E-state index >= 15 is 0 Å². The van der Waals surface area contributed by atoms with Crippen molar-refractivity contribution < 1.29 is 9.47 Å². The lowest BCUT2D eigenvalue weighted by atomic mass is 9.74. The van der Waals surface area contributed by atoms with Crippen LogP contribution < -0.4 is 10.5 Å². The number of ether oxygens (including phenoxy) is 2. The third-order valence-corrected chi connectivity index (χ3v) is 4.37. The first-order valence-electron chi connectivity index (χ1n) is 6.87. The molecule has 3 rings (SSSR count). The molecule has 1 saturated heterocycles. The van der Waals surface area contributed by atoms with E-state index in [0.29, 0.717) is 4.99 Å². The zero-order chi connectivity index (χ0) is 13.3. The van der Waals surface area contributed by atoms with Crippen molar-refractivity contribution in [1.29, 1.82) is 0 Å². The Morgan fingerprint density at radius 1 is 1.42 bits per heavy atom. The van der Waals surface area contributed by atoms with Gasteiger partial charge in [-0.1, -0.05) is 24.4 Å². The van der Waals surface area contributed by atoms with Crippen LogP contribution in [0.15, 0.2) is 24.3 Å². The van der Waals surface area contributed by atoms with E-state index in [0.717, 1.165) is 30.8 Å². The fourth-order valence-electron chi connectivity index (χ4n) is 2.92. The largest absolute Gasteiger partial charge is 0.490 e. The van der Waals surface area contributed by atoms with Crippen LogP contribution in [-0.2, 0) is 4.74 Å². The fraction of sp³-hybridized carbons (Fsp3) is 0.533. The molecule has 1 aromatic rings. The minimum atomic E-state index is 0.115. The standard InChI is InChI=1S/C15H19NO2S/c16-14(19)11-3-1-4-12(9-11)18-13-5-8-17-15(10-13)6-2-7-15/h1,3-4,9,13H,2,5-8,10H2,(H2,16,19). The maximum absolute atomic E-state index is 6.08. The van der Waals surface area contributed by atoms with E-state index in [1.165, 1.54) is 19.3 Å². The van der Waals surface area contributed by atoms with Crippen LogP contribution >= 0.6 is 12.2 Å². The molecule has 2 aliphatic rings. The lowest BCUT2D eigenvalue weighted by Gasteiger charge is -2.46. The summed E-state index contributed by atoms with van der Waals surface area (Å²) >= 11 is 4.99. The summed E-state index contributed by atoms with van der Waals surface area (Å²) in [6, 6.07) is 7.73. The van der Waals surface area contributed by atoms with Gasteiger partial charge in [0.15, 0.2) is 0 Å². The number of benzene rings is 1. The molecule has 1 aliphatic carbocycles. The second-order valence-electron chi connectivity index (χ2n) is 5.51. The van der Waals surface area contributed by atoms with E-state index in [-0.39, 0.29) is 11.7 Å². The molecule has 3 nitrogen and oxygen atoms in total. The molecule has 1 atom stereocenters. The van der Waals surface area contributed by atoms with Crippen molar-refractivity contribution in [3.05, 3.63) is 29.8 Å². The first kappa shape index (κ1) is 12.9.